The second-order valence-electron chi connectivity index (χ2n) is 5.09. The number of hydrogen-bond acceptors (Lipinski definition) is 10. The van der Waals surface area contributed by atoms with E-state index in [9.17, 15) is 24.3 Å². The summed E-state index contributed by atoms with van der Waals surface area (Å²) in [4.78, 5) is 44.7. The summed E-state index contributed by atoms with van der Waals surface area (Å²) in [6, 6.07) is 0. The SMILES string of the molecule is CC(=O)OC[C@@H](OC(C)=O)[C@@H]1O[C@@H](O)[C@H](OC(C)=O)[C@H]1OC(C)=O. The van der Waals surface area contributed by atoms with Crippen LogP contribution in [0.5, 0.6) is 0 Å². The van der Waals surface area contributed by atoms with E-state index in [1.807, 2.05) is 0 Å². The first-order chi connectivity index (χ1) is 11.1. The van der Waals surface area contributed by atoms with Gasteiger partial charge < -0.3 is 28.8 Å². The topological polar surface area (TPSA) is 135 Å². The molecule has 0 aliphatic carbocycles. The van der Waals surface area contributed by atoms with E-state index >= 15 is 0 Å². The van der Waals surface area contributed by atoms with Gasteiger partial charge in [0.15, 0.2) is 24.6 Å². The summed E-state index contributed by atoms with van der Waals surface area (Å²) in [7, 11) is 0. The third-order valence-corrected chi connectivity index (χ3v) is 2.96. The maximum atomic E-state index is 11.3. The lowest BCUT2D eigenvalue weighted by molar-refractivity contribution is -0.184. The van der Waals surface area contributed by atoms with Gasteiger partial charge in [-0.25, -0.2) is 0 Å². The first-order valence-electron chi connectivity index (χ1n) is 7.10. The second kappa shape index (κ2) is 8.60. The molecule has 1 N–H and O–H groups in total. The number of rotatable bonds is 6. The number of carbonyl (C=O) groups is 4. The largest absolute Gasteiger partial charge is 0.462 e. The number of carbonyl (C=O) groups excluding carboxylic acids is 4. The Labute approximate surface area is 137 Å². The molecule has 0 unspecified atom stereocenters. The van der Waals surface area contributed by atoms with Gasteiger partial charge >= 0.3 is 23.9 Å². The van der Waals surface area contributed by atoms with Gasteiger partial charge in [0.25, 0.3) is 0 Å². The molecule has 0 saturated carbocycles. The summed E-state index contributed by atoms with van der Waals surface area (Å²) in [6.07, 6.45) is -6.55. The summed E-state index contributed by atoms with van der Waals surface area (Å²) in [5, 5.41) is 9.91. The Bertz CT molecular complexity index is 502. The number of aliphatic hydroxyl groups excluding tert-OH is 1. The molecule has 0 radical (unpaired) electrons. The molecule has 1 saturated heterocycles. The van der Waals surface area contributed by atoms with Gasteiger partial charge in [-0.15, -0.1) is 0 Å². The van der Waals surface area contributed by atoms with Crippen molar-refractivity contribution in [3.63, 3.8) is 0 Å². The standard InChI is InChI=1S/C14H20O10/c1-6(15)20-5-10(21-7(2)16)11-12(22-8(3)17)13(14(19)24-11)23-9(4)18/h10-14,19H,5H2,1-4H3/t10-,11+,12+,13-,14-/m1/s1. The lowest BCUT2D eigenvalue weighted by Gasteiger charge is -2.27. The summed E-state index contributed by atoms with van der Waals surface area (Å²) in [5.74, 6) is -2.80. The van der Waals surface area contributed by atoms with Crippen molar-refractivity contribution in [1.29, 1.82) is 0 Å². The van der Waals surface area contributed by atoms with Gasteiger partial charge in [-0.1, -0.05) is 0 Å². The highest BCUT2D eigenvalue weighted by molar-refractivity contribution is 5.68. The molecule has 0 amide bonds. The van der Waals surface area contributed by atoms with Gasteiger partial charge in [0, 0.05) is 27.7 Å². The Hall–Kier alpha value is -2.20. The predicted molar refractivity (Wildman–Crippen MR) is 74.2 cm³/mol. The fraction of sp³-hybridized carbons (Fsp3) is 0.714. The Kier molecular flexibility index (Phi) is 7.11. The molecule has 0 bridgehead atoms. The highest BCUT2D eigenvalue weighted by atomic mass is 16.7. The summed E-state index contributed by atoms with van der Waals surface area (Å²) >= 11 is 0. The molecule has 10 heteroatoms. The van der Waals surface area contributed by atoms with Crippen LogP contribution in [0.3, 0.4) is 0 Å². The van der Waals surface area contributed by atoms with Crippen molar-refractivity contribution >= 4 is 23.9 Å². The van der Waals surface area contributed by atoms with Crippen molar-refractivity contribution in [3.8, 4) is 0 Å². The van der Waals surface area contributed by atoms with Gasteiger partial charge in [-0.2, -0.15) is 0 Å². The number of hydrogen-bond donors (Lipinski definition) is 1. The molecule has 136 valence electrons. The fourth-order valence-electron chi connectivity index (χ4n) is 2.22. The molecule has 24 heavy (non-hydrogen) atoms. The number of ether oxygens (including phenoxy) is 5. The Morgan fingerprint density at radius 2 is 1.46 bits per heavy atom. The zero-order valence-corrected chi connectivity index (χ0v) is 13.7. The van der Waals surface area contributed by atoms with Gasteiger partial charge in [0.2, 0.25) is 0 Å². The van der Waals surface area contributed by atoms with E-state index in [0.717, 1.165) is 27.7 Å². The van der Waals surface area contributed by atoms with Gasteiger partial charge in [0.05, 0.1) is 0 Å². The lowest BCUT2D eigenvalue weighted by Crippen LogP contribution is -2.46. The van der Waals surface area contributed by atoms with E-state index in [2.05, 4.69) is 0 Å². The average molecular weight is 348 g/mol. The smallest absolute Gasteiger partial charge is 0.303 e. The molecule has 5 atom stereocenters. The zero-order valence-electron chi connectivity index (χ0n) is 13.7. The van der Waals surface area contributed by atoms with Crippen molar-refractivity contribution in [1.82, 2.24) is 0 Å². The van der Waals surface area contributed by atoms with Crippen molar-refractivity contribution in [2.75, 3.05) is 6.61 Å². The molecule has 1 aliphatic rings. The molecular formula is C14H20O10. The summed E-state index contributed by atoms with van der Waals surface area (Å²) < 4.78 is 25.0. The monoisotopic (exact) mass is 348 g/mol. The van der Waals surface area contributed by atoms with E-state index in [4.69, 9.17) is 23.7 Å². The lowest BCUT2D eigenvalue weighted by atomic mass is 10.1. The molecule has 10 nitrogen and oxygen atoms in total. The van der Waals surface area contributed by atoms with Crippen molar-refractivity contribution in [2.24, 2.45) is 0 Å². The van der Waals surface area contributed by atoms with Crippen molar-refractivity contribution in [2.45, 2.75) is 58.4 Å². The Morgan fingerprint density at radius 1 is 0.917 bits per heavy atom. The molecule has 1 aliphatic heterocycles. The highest BCUT2D eigenvalue weighted by Gasteiger charge is 2.52. The molecular weight excluding hydrogens is 328 g/mol. The minimum Gasteiger partial charge on any atom is -0.462 e. The predicted octanol–water partition coefficient (Wildman–Crippen LogP) is -0.938. The average Bonchev–Trinajstić information content (AvgIpc) is 2.70. The van der Waals surface area contributed by atoms with Crippen LogP contribution in [-0.4, -0.2) is 66.3 Å². The summed E-state index contributed by atoms with van der Waals surface area (Å²) in [6.45, 7) is 4.10. The van der Waals surface area contributed by atoms with Crippen LogP contribution < -0.4 is 0 Å². The van der Waals surface area contributed by atoms with Crippen LogP contribution in [0.2, 0.25) is 0 Å². The molecule has 0 aromatic carbocycles. The van der Waals surface area contributed by atoms with E-state index in [0.29, 0.717) is 0 Å². The van der Waals surface area contributed by atoms with Crippen LogP contribution in [-0.2, 0) is 42.9 Å². The number of aliphatic hydroxyl groups is 1. The zero-order chi connectivity index (χ0) is 18.4. The van der Waals surface area contributed by atoms with Crippen LogP contribution in [0.15, 0.2) is 0 Å². The molecule has 1 heterocycles. The van der Waals surface area contributed by atoms with Crippen LogP contribution in [0.25, 0.3) is 0 Å². The highest BCUT2D eigenvalue weighted by Crippen LogP contribution is 2.29. The Morgan fingerprint density at radius 3 is 1.92 bits per heavy atom. The second-order valence-corrected chi connectivity index (χ2v) is 5.09. The van der Waals surface area contributed by atoms with Gasteiger partial charge in [-0.05, 0) is 0 Å². The fourth-order valence-corrected chi connectivity index (χ4v) is 2.22. The maximum Gasteiger partial charge on any atom is 0.303 e. The van der Waals surface area contributed by atoms with Crippen molar-refractivity contribution < 1.29 is 48.0 Å². The third-order valence-electron chi connectivity index (χ3n) is 2.96. The van der Waals surface area contributed by atoms with E-state index in [1.165, 1.54) is 0 Å². The van der Waals surface area contributed by atoms with Gasteiger partial charge in [-0.3, -0.25) is 19.2 Å². The summed E-state index contributed by atoms with van der Waals surface area (Å²) in [5.41, 5.74) is 0. The molecule has 1 rings (SSSR count). The van der Waals surface area contributed by atoms with E-state index in [1.54, 1.807) is 0 Å². The minimum absolute atomic E-state index is 0.392. The first-order valence-corrected chi connectivity index (χ1v) is 7.10. The van der Waals surface area contributed by atoms with Gasteiger partial charge in [0.1, 0.15) is 12.7 Å². The van der Waals surface area contributed by atoms with Crippen LogP contribution in [0.4, 0.5) is 0 Å². The normalized spacial score (nSPS) is 27.0. The van der Waals surface area contributed by atoms with Crippen LogP contribution in [0.1, 0.15) is 27.7 Å². The first kappa shape index (κ1) is 19.8. The molecule has 0 aromatic rings. The van der Waals surface area contributed by atoms with Crippen LogP contribution in [0, 0.1) is 0 Å². The quantitative estimate of drug-likeness (QED) is 0.473. The maximum absolute atomic E-state index is 11.3. The number of esters is 4. The van der Waals surface area contributed by atoms with Crippen molar-refractivity contribution in [3.05, 3.63) is 0 Å². The van der Waals surface area contributed by atoms with E-state index < -0.39 is 61.2 Å². The Balaban J connectivity index is 3.03. The minimum atomic E-state index is -1.61. The van der Waals surface area contributed by atoms with E-state index in [-0.39, 0.29) is 0 Å². The third kappa shape index (κ3) is 5.78. The molecule has 0 spiro atoms. The molecule has 0 aromatic heterocycles. The van der Waals surface area contributed by atoms with Crippen LogP contribution >= 0.6 is 0 Å². The molecule has 1 fully saturated rings.